The second kappa shape index (κ2) is 11.1. The minimum Gasteiger partial charge on any atom is -0.477 e. The van der Waals surface area contributed by atoms with Crippen LogP contribution in [0.5, 0.6) is 0 Å². The van der Waals surface area contributed by atoms with Gasteiger partial charge in [-0.15, -0.1) is 16.9 Å². The highest BCUT2D eigenvalue weighted by Gasteiger charge is 2.55. The molecule has 2 aliphatic rings. The summed E-state index contributed by atoms with van der Waals surface area (Å²) in [4.78, 5) is 50.2. The first-order valence-electron chi connectivity index (χ1n) is 10.9. The molecule has 3 amide bonds. The standard InChI is InChI=1S/C21H23N7O6S2/c22-13(29)8-4-7-12(36-21-24-26-27-25-21)11-9-35-19-14(18(32)28(19)15(11)20(33)34)23-17(31)16(30)10-5-2-1-3-6-10/h1-3,5-6,12,14,16,19,30H,4,7-9H2,(H2,22,29)(H,23,31)(H,33,34)(H,24,25,26,27)/t12?,14?,16?,19-/m0/s1. The Bertz CT molecular complexity index is 1180. The minimum atomic E-state index is -1.46. The summed E-state index contributed by atoms with van der Waals surface area (Å²) in [5.41, 5.74) is 5.94. The first-order valence-corrected chi connectivity index (χ1v) is 12.8. The first-order chi connectivity index (χ1) is 17.3. The van der Waals surface area contributed by atoms with Gasteiger partial charge in [-0.25, -0.2) is 9.89 Å². The first kappa shape index (κ1) is 25.7. The van der Waals surface area contributed by atoms with Crippen molar-refractivity contribution in [3.63, 3.8) is 0 Å². The van der Waals surface area contributed by atoms with Crippen LogP contribution in [0.15, 0.2) is 46.8 Å². The maximum atomic E-state index is 13.0. The Balaban J connectivity index is 1.53. The molecule has 3 heterocycles. The lowest BCUT2D eigenvalue weighted by Gasteiger charge is -2.50. The molecule has 1 saturated heterocycles. The number of hydrogen-bond donors (Lipinski definition) is 5. The molecule has 1 fully saturated rings. The Morgan fingerprint density at radius 2 is 2.06 bits per heavy atom. The number of tetrazole rings is 1. The zero-order valence-corrected chi connectivity index (χ0v) is 20.4. The quantitative estimate of drug-likeness (QED) is 0.189. The van der Waals surface area contributed by atoms with Crippen LogP contribution in [0.4, 0.5) is 0 Å². The van der Waals surface area contributed by atoms with Gasteiger partial charge in [0.05, 0.1) is 0 Å². The van der Waals surface area contributed by atoms with Gasteiger partial charge in [0, 0.05) is 17.4 Å². The van der Waals surface area contributed by atoms with Crippen LogP contribution in [0.3, 0.4) is 0 Å². The number of aliphatic hydroxyl groups excluding tert-OH is 1. The predicted molar refractivity (Wildman–Crippen MR) is 128 cm³/mol. The van der Waals surface area contributed by atoms with Gasteiger partial charge >= 0.3 is 5.97 Å². The van der Waals surface area contributed by atoms with Crippen molar-refractivity contribution in [2.24, 2.45) is 5.73 Å². The summed E-state index contributed by atoms with van der Waals surface area (Å²) < 4.78 is 0. The number of hydrogen-bond acceptors (Lipinski definition) is 10. The van der Waals surface area contributed by atoms with Crippen molar-refractivity contribution in [2.75, 3.05) is 5.75 Å². The number of carbonyl (C=O) groups excluding carboxylic acids is 3. The minimum absolute atomic E-state index is 0.123. The number of carbonyl (C=O) groups is 4. The maximum Gasteiger partial charge on any atom is 0.352 e. The summed E-state index contributed by atoms with van der Waals surface area (Å²) in [6.45, 7) is 0. The largest absolute Gasteiger partial charge is 0.477 e. The van der Waals surface area contributed by atoms with Crippen LogP contribution in [0.1, 0.15) is 30.9 Å². The molecule has 4 atom stereocenters. The van der Waals surface area contributed by atoms with Crippen molar-refractivity contribution in [1.82, 2.24) is 30.8 Å². The van der Waals surface area contributed by atoms with E-state index in [-0.39, 0.29) is 17.9 Å². The van der Waals surface area contributed by atoms with E-state index in [0.29, 0.717) is 29.1 Å². The molecule has 4 rings (SSSR count). The molecule has 15 heteroatoms. The number of aromatic nitrogens is 4. The molecular weight excluding hydrogens is 510 g/mol. The van der Waals surface area contributed by atoms with Crippen molar-refractivity contribution >= 4 is 47.2 Å². The summed E-state index contributed by atoms with van der Waals surface area (Å²) in [5, 5.41) is 35.7. The smallest absolute Gasteiger partial charge is 0.352 e. The van der Waals surface area contributed by atoms with Gasteiger partial charge in [0.1, 0.15) is 17.1 Å². The number of rotatable bonds is 11. The summed E-state index contributed by atoms with van der Waals surface area (Å²) in [5.74, 6) is -2.82. The molecule has 0 spiro atoms. The number of nitrogens with one attached hydrogen (secondary N) is 2. The number of nitrogens with two attached hydrogens (primary N) is 1. The van der Waals surface area contributed by atoms with Crippen LogP contribution in [-0.2, 0) is 19.2 Å². The third kappa shape index (κ3) is 5.37. The van der Waals surface area contributed by atoms with E-state index in [4.69, 9.17) is 5.73 Å². The SMILES string of the molecule is NC(=O)CCCC(Sc1nnn[nH]1)C1=C(C(=O)O)N2C(=O)C(NC(=O)C(O)c3ccccc3)[C@@H]2SC1. The summed E-state index contributed by atoms with van der Waals surface area (Å²) in [6.07, 6.45) is -0.536. The molecule has 1 aromatic heterocycles. The van der Waals surface area contributed by atoms with Crippen molar-refractivity contribution in [2.45, 2.75) is 47.2 Å². The van der Waals surface area contributed by atoms with Gasteiger partial charge in [0.2, 0.25) is 11.1 Å². The molecule has 2 aromatic rings. The zero-order chi connectivity index (χ0) is 25.8. The lowest BCUT2D eigenvalue weighted by atomic mass is 9.99. The Labute approximate surface area is 213 Å². The van der Waals surface area contributed by atoms with Gasteiger partial charge in [-0.2, -0.15) is 0 Å². The topological polar surface area (TPSA) is 204 Å². The van der Waals surface area contributed by atoms with E-state index in [0.717, 1.165) is 4.90 Å². The zero-order valence-electron chi connectivity index (χ0n) is 18.7. The number of carboxylic acids is 1. The van der Waals surface area contributed by atoms with E-state index in [9.17, 15) is 29.4 Å². The average Bonchev–Trinajstić information content (AvgIpc) is 3.38. The second-order valence-electron chi connectivity index (χ2n) is 8.06. The number of thioether (sulfide) groups is 2. The van der Waals surface area contributed by atoms with Gasteiger partial charge in [-0.1, -0.05) is 42.1 Å². The van der Waals surface area contributed by atoms with Crippen molar-refractivity contribution < 1.29 is 29.4 Å². The Morgan fingerprint density at radius 3 is 2.69 bits per heavy atom. The molecule has 6 N–H and O–H groups in total. The van der Waals surface area contributed by atoms with Crippen LogP contribution in [0.25, 0.3) is 0 Å². The van der Waals surface area contributed by atoms with E-state index in [2.05, 4.69) is 25.9 Å². The number of fused-ring (bicyclic) bond motifs is 1. The molecule has 0 saturated carbocycles. The van der Waals surface area contributed by atoms with Gasteiger partial charge in [0.25, 0.3) is 11.8 Å². The number of primary amides is 1. The van der Waals surface area contributed by atoms with Gasteiger partial charge in [-0.3, -0.25) is 19.3 Å². The fraction of sp³-hybridized carbons (Fsp3) is 0.381. The summed E-state index contributed by atoms with van der Waals surface area (Å²) in [6, 6.07) is 7.30. The number of benzene rings is 1. The third-order valence-corrected chi connectivity index (χ3v) is 8.22. The highest BCUT2D eigenvalue weighted by Crippen LogP contribution is 2.44. The van der Waals surface area contributed by atoms with E-state index in [1.807, 2.05) is 0 Å². The number of aliphatic carboxylic acids is 1. The molecule has 3 unspecified atom stereocenters. The van der Waals surface area contributed by atoms with Crippen LogP contribution in [0.2, 0.25) is 0 Å². The number of carboxylic acid groups (broad SMARTS) is 1. The van der Waals surface area contributed by atoms with Gasteiger partial charge in [0.15, 0.2) is 6.10 Å². The number of nitrogens with zero attached hydrogens (tertiary/aromatic N) is 4. The summed E-state index contributed by atoms with van der Waals surface area (Å²) in [7, 11) is 0. The number of β-lactam (4-membered cyclic amide) rings is 1. The predicted octanol–water partition coefficient (Wildman–Crippen LogP) is -0.212. The fourth-order valence-corrected chi connectivity index (χ4v) is 6.61. The monoisotopic (exact) mass is 533 g/mol. The molecule has 0 aliphatic carbocycles. The van der Waals surface area contributed by atoms with E-state index >= 15 is 0 Å². The third-order valence-electron chi connectivity index (χ3n) is 5.72. The molecule has 13 nitrogen and oxygen atoms in total. The highest BCUT2D eigenvalue weighted by atomic mass is 32.2. The highest BCUT2D eigenvalue weighted by molar-refractivity contribution is 8.01. The Kier molecular flexibility index (Phi) is 7.91. The van der Waals surface area contributed by atoms with Crippen LogP contribution in [-0.4, -0.2) is 81.8 Å². The average molecular weight is 534 g/mol. The van der Waals surface area contributed by atoms with Gasteiger partial charge < -0.3 is 21.3 Å². The Morgan fingerprint density at radius 1 is 1.31 bits per heavy atom. The van der Waals surface area contributed by atoms with Crippen molar-refractivity contribution in [3.8, 4) is 0 Å². The van der Waals surface area contributed by atoms with Crippen LogP contribution < -0.4 is 11.1 Å². The fourth-order valence-electron chi connectivity index (χ4n) is 4.01. The lowest BCUT2D eigenvalue weighted by molar-refractivity contribution is -0.151. The lowest BCUT2D eigenvalue weighted by Crippen LogP contribution is -2.71. The maximum absolute atomic E-state index is 13.0. The number of H-pyrrole nitrogens is 1. The molecule has 190 valence electrons. The van der Waals surface area contributed by atoms with Gasteiger partial charge in [-0.05, 0) is 34.4 Å². The molecular formula is C21H23N7O6S2. The molecule has 36 heavy (non-hydrogen) atoms. The molecule has 1 aromatic carbocycles. The molecule has 0 bridgehead atoms. The van der Waals surface area contributed by atoms with E-state index in [1.54, 1.807) is 30.3 Å². The molecule has 0 radical (unpaired) electrons. The van der Waals surface area contributed by atoms with E-state index < -0.39 is 46.5 Å². The molecule has 2 aliphatic heterocycles. The summed E-state index contributed by atoms with van der Waals surface area (Å²) >= 11 is 2.50. The number of amides is 3. The van der Waals surface area contributed by atoms with E-state index in [1.165, 1.54) is 23.5 Å². The normalized spacial score (nSPS) is 20.8. The Hall–Kier alpha value is -3.43. The second-order valence-corrected chi connectivity index (χ2v) is 10.4. The van der Waals surface area contributed by atoms with Crippen LogP contribution >= 0.6 is 23.5 Å². The number of aromatic amines is 1. The van der Waals surface area contributed by atoms with Crippen molar-refractivity contribution in [1.29, 1.82) is 0 Å². The van der Waals surface area contributed by atoms with Crippen molar-refractivity contribution in [3.05, 3.63) is 47.2 Å². The van der Waals surface area contributed by atoms with Crippen LogP contribution in [0, 0.1) is 0 Å². The number of aliphatic hydroxyl groups is 1.